The predicted molar refractivity (Wildman–Crippen MR) is 133 cm³/mol. The van der Waals surface area contributed by atoms with Crippen molar-refractivity contribution in [2.75, 3.05) is 19.1 Å². The molecule has 3 unspecified atom stereocenters. The van der Waals surface area contributed by atoms with Crippen LogP contribution in [0.5, 0.6) is 0 Å². The minimum Gasteiger partial charge on any atom is -0.466 e. The molecule has 3 atom stereocenters. The standard InChI is InChI=1S/C26H30N4O2S/c1-4-32-24(31)15-21-17-33-26(27-21)29-28-22-16-23(19-11-7-5-8-12-19)30(3)25(18(22)2)20-13-9-6-10-14-20/h5-14,17-18,23,25H,4,15-16H2,1-3H3,(H,27,29)/b28-22+. The molecule has 0 bridgehead atoms. The third-order valence-corrected chi connectivity index (χ3v) is 6.93. The number of ether oxygens (including phenoxy) is 1. The molecule has 0 aliphatic carbocycles. The normalized spacial score (nSPS) is 22.3. The van der Waals surface area contributed by atoms with E-state index in [2.05, 4.69) is 89.9 Å². The zero-order valence-corrected chi connectivity index (χ0v) is 20.1. The van der Waals surface area contributed by atoms with Crippen molar-refractivity contribution in [3.05, 3.63) is 82.9 Å². The Labute approximate surface area is 199 Å². The minimum absolute atomic E-state index is 0.177. The second-order valence-electron chi connectivity index (χ2n) is 8.28. The number of hydrogen-bond donors (Lipinski definition) is 1. The highest BCUT2D eigenvalue weighted by Crippen LogP contribution is 2.42. The Morgan fingerprint density at radius 2 is 1.82 bits per heavy atom. The Kier molecular flexibility index (Phi) is 7.52. The lowest BCUT2D eigenvalue weighted by Crippen LogP contribution is -2.42. The molecule has 1 aliphatic heterocycles. The summed E-state index contributed by atoms with van der Waals surface area (Å²) in [7, 11) is 2.21. The van der Waals surface area contributed by atoms with Crippen LogP contribution in [0.25, 0.3) is 0 Å². The molecule has 1 aromatic heterocycles. The Bertz CT molecular complexity index is 1080. The molecule has 6 nitrogen and oxygen atoms in total. The first-order chi connectivity index (χ1) is 16.1. The lowest BCUT2D eigenvalue weighted by Gasteiger charge is -2.44. The second kappa shape index (κ2) is 10.7. The van der Waals surface area contributed by atoms with Crippen LogP contribution in [-0.2, 0) is 16.0 Å². The van der Waals surface area contributed by atoms with Crippen LogP contribution in [0.2, 0.25) is 0 Å². The van der Waals surface area contributed by atoms with E-state index in [0.717, 1.165) is 12.1 Å². The van der Waals surface area contributed by atoms with Crippen molar-refractivity contribution in [2.24, 2.45) is 11.0 Å². The van der Waals surface area contributed by atoms with Gasteiger partial charge < -0.3 is 4.74 Å². The number of carbonyl (C=O) groups excluding carboxylic acids is 1. The van der Waals surface area contributed by atoms with Gasteiger partial charge >= 0.3 is 5.97 Å². The summed E-state index contributed by atoms with van der Waals surface area (Å²) in [4.78, 5) is 18.7. The average molecular weight is 463 g/mol. The van der Waals surface area contributed by atoms with Crippen molar-refractivity contribution in [3.8, 4) is 0 Å². The fraction of sp³-hybridized carbons (Fsp3) is 0.346. The highest BCUT2D eigenvalue weighted by atomic mass is 32.1. The summed E-state index contributed by atoms with van der Waals surface area (Å²) < 4.78 is 5.02. The smallest absolute Gasteiger partial charge is 0.311 e. The highest BCUT2D eigenvalue weighted by Gasteiger charge is 2.38. The molecule has 4 rings (SSSR count). The number of benzene rings is 2. The Balaban J connectivity index is 1.58. The van der Waals surface area contributed by atoms with Crippen LogP contribution in [-0.4, -0.2) is 35.2 Å². The SMILES string of the molecule is CCOC(=O)Cc1csc(N/N=C2\CC(c3ccccc3)N(C)C(c3ccccc3)C2C)n1. The first kappa shape index (κ1) is 23.1. The summed E-state index contributed by atoms with van der Waals surface area (Å²) in [6.07, 6.45) is 1.01. The van der Waals surface area contributed by atoms with Crippen molar-refractivity contribution in [3.63, 3.8) is 0 Å². The molecule has 1 saturated heterocycles. The van der Waals surface area contributed by atoms with Crippen LogP contribution in [0, 0.1) is 5.92 Å². The van der Waals surface area contributed by atoms with E-state index in [4.69, 9.17) is 9.84 Å². The second-order valence-corrected chi connectivity index (χ2v) is 9.14. The van der Waals surface area contributed by atoms with Crippen molar-refractivity contribution in [1.82, 2.24) is 9.88 Å². The molecule has 1 fully saturated rings. The third-order valence-electron chi connectivity index (χ3n) is 6.14. The number of anilines is 1. The van der Waals surface area contributed by atoms with Gasteiger partial charge in [-0.25, -0.2) is 4.98 Å². The quantitative estimate of drug-likeness (QED) is 0.372. The largest absolute Gasteiger partial charge is 0.466 e. The molecular weight excluding hydrogens is 432 g/mol. The maximum atomic E-state index is 11.7. The van der Waals surface area contributed by atoms with E-state index in [0.29, 0.717) is 17.4 Å². The molecule has 172 valence electrons. The topological polar surface area (TPSA) is 66.8 Å². The number of carbonyl (C=O) groups is 1. The van der Waals surface area contributed by atoms with E-state index in [-0.39, 0.29) is 30.4 Å². The Morgan fingerprint density at radius 1 is 1.15 bits per heavy atom. The van der Waals surface area contributed by atoms with Crippen LogP contribution in [0.1, 0.15) is 49.2 Å². The lowest BCUT2D eigenvalue weighted by atomic mass is 9.80. The monoisotopic (exact) mass is 462 g/mol. The summed E-state index contributed by atoms with van der Waals surface area (Å²) in [6.45, 7) is 4.42. The number of hydrazone groups is 1. The molecule has 0 radical (unpaired) electrons. The third kappa shape index (κ3) is 5.49. The van der Waals surface area contributed by atoms with E-state index in [1.807, 2.05) is 5.38 Å². The van der Waals surface area contributed by atoms with E-state index >= 15 is 0 Å². The summed E-state index contributed by atoms with van der Waals surface area (Å²) in [5.74, 6) is -0.0372. The zero-order valence-electron chi connectivity index (χ0n) is 19.3. The molecule has 7 heteroatoms. The molecule has 2 heterocycles. The first-order valence-corrected chi connectivity index (χ1v) is 12.2. The molecule has 0 amide bonds. The summed E-state index contributed by atoms with van der Waals surface area (Å²) in [5.41, 5.74) is 7.53. The van der Waals surface area contributed by atoms with Crippen LogP contribution in [0.4, 0.5) is 5.13 Å². The fourth-order valence-corrected chi connectivity index (χ4v) is 5.18. The number of thiazole rings is 1. The molecule has 1 N–H and O–H groups in total. The number of rotatable bonds is 7. The zero-order chi connectivity index (χ0) is 23.2. The molecule has 0 spiro atoms. The van der Waals surface area contributed by atoms with Gasteiger partial charge in [0.2, 0.25) is 5.13 Å². The molecule has 33 heavy (non-hydrogen) atoms. The summed E-state index contributed by atoms with van der Waals surface area (Å²) in [6, 6.07) is 21.7. The number of aromatic nitrogens is 1. The lowest BCUT2D eigenvalue weighted by molar-refractivity contribution is -0.142. The van der Waals surface area contributed by atoms with Gasteiger partial charge in [0.05, 0.1) is 18.7 Å². The molecule has 3 aromatic rings. The van der Waals surface area contributed by atoms with Gasteiger partial charge in [-0.3, -0.25) is 15.1 Å². The number of esters is 1. The van der Waals surface area contributed by atoms with Gasteiger partial charge in [0.25, 0.3) is 0 Å². The average Bonchev–Trinajstić information content (AvgIpc) is 3.27. The van der Waals surface area contributed by atoms with Crippen molar-refractivity contribution < 1.29 is 9.53 Å². The van der Waals surface area contributed by atoms with E-state index in [9.17, 15) is 4.79 Å². The predicted octanol–water partition coefficient (Wildman–Crippen LogP) is 5.47. The van der Waals surface area contributed by atoms with E-state index in [1.165, 1.54) is 22.5 Å². The van der Waals surface area contributed by atoms with Crippen molar-refractivity contribution in [2.45, 2.75) is 38.8 Å². The van der Waals surface area contributed by atoms with Crippen LogP contribution < -0.4 is 5.43 Å². The van der Waals surface area contributed by atoms with Gasteiger partial charge in [0, 0.05) is 35.5 Å². The van der Waals surface area contributed by atoms with Crippen LogP contribution >= 0.6 is 11.3 Å². The van der Waals surface area contributed by atoms with E-state index < -0.39 is 0 Å². The summed E-state index contributed by atoms with van der Waals surface area (Å²) >= 11 is 1.45. The maximum Gasteiger partial charge on any atom is 0.311 e. The number of nitrogens with one attached hydrogen (secondary N) is 1. The van der Waals surface area contributed by atoms with Gasteiger partial charge in [-0.1, -0.05) is 67.6 Å². The fourth-order valence-electron chi connectivity index (χ4n) is 4.53. The number of likely N-dealkylation sites (tertiary alicyclic amines) is 1. The Hall–Kier alpha value is -3.03. The molecular formula is C26H30N4O2S. The van der Waals surface area contributed by atoms with Gasteiger partial charge in [-0.2, -0.15) is 5.10 Å². The van der Waals surface area contributed by atoms with Gasteiger partial charge in [0.15, 0.2) is 0 Å². The highest BCUT2D eigenvalue weighted by molar-refractivity contribution is 7.13. The Morgan fingerprint density at radius 3 is 2.48 bits per heavy atom. The van der Waals surface area contributed by atoms with Gasteiger partial charge in [-0.15, -0.1) is 11.3 Å². The minimum atomic E-state index is -0.263. The van der Waals surface area contributed by atoms with Crippen LogP contribution in [0.15, 0.2) is 71.1 Å². The maximum absolute atomic E-state index is 11.7. The molecule has 0 saturated carbocycles. The van der Waals surface area contributed by atoms with Gasteiger partial charge in [0.1, 0.15) is 0 Å². The summed E-state index contributed by atoms with van der Waals surface area (Å²) in [5, 5.41) is 7.37. The number of hydrogen-bond acceptors (Lipinski definition) is 7. The van der Waals surface area contributed by atoms with Gasteiger partial charge in [-0.05, 0) is 25.1 Å². The molecule has 2 aromatic carbocycles. The number of piperidine rings is 1. The van der Waals surface area contributed by atoms with Crippen molar-refractivity contribution >= 4 is 28.1 Å². The molecule has 1 aliphatic rings. The van der Waals surface area contributed by atoms with E-state index in [1.54, 1.807) is 6.92 Å². The first-order valence-electron chi connectivity index (χ1n) is 11.3. The number of nitrogens with zero attached hydrogens (tertiary/aromatic N) is 3. The van der Waals surface area contributed by atoms with Crippen molar-refractivity contribution in [1.29, 1.82) is 0 Å². The van der Waals surface area contributed by atoms with Crippen LogP contribution in [0.3, 0.4) is 0 Å².